The quantitative estimate of drug-likeness (QED) is 0.756. The number of nitrogens with one attached hydrogen (secondary N) is 2. The molecule has 0 saturated carbocycles. The first-order chi connectivity index (χ1) is 9.08. The SMILES string of the molecule is O=C(NNC(=O)c1cc(Br)c(Br)s1)c1ccccn1. The van der Waals surface area contributed by atoms with Gasteiger partial charge in [0, 0.05) is 10.7 Å². The van der Waals surface area contributed by atoms with E-state index in [1.807, 2.05) is 0 Å². The van der Waals surface area contributed by atoms with Gasteiger partial charge in [0.05, 0.1) is 8.66 Å². The molecule has 0 saturated heterocycles. The average Bonchev–Trinajstić information content (AvgIpc) is 2.77. The highest BCUT2D eigenvalue weighted by Crippen LogP contribution is 2.32. The topological polar surface area (TPSA) is 71.1 Å². The van der Waals surface area contributed by atoms with Gasteiger partial charge >= 0.3 is 0 Å². The van der Waals surface area contributed by atoms with E-state index in [1.165, 1.54) is 17.5 Å². The van der Waals surface area contributed by atoms with Gasteiger partial charge in [-0.2, -0.15) is 0 Å². The van der Waals surface area contributed by atoms with E-state index in [2.05, 4.69) is 47.7 Å². The Balaban J connectivity index is 1.96. The maximum atomic E-state index is 11.8. The number of nitrogens with zero attached hydrogens (tertiary/aromatic N) is 1. The summed E-state index contributed by atoms with van der Waals surface area (Å²) in [5.74, 6) is -0.857. The zero-order valence-corrected chi connectivity index (χ0v) is 13.3. The van der Waals surface area contributed by atoms with Crippen molar-refractivity contribution >= 4 is 55.0 Å². The molecule has 0 aromatic carbocycles. The number of carbonyl (C=O) groups excluding carboxylic acids is 2. The number of pyridine rings is 1. The van der Waals surface area contributed by atoms with Crippen LogP contribution < -0.4 is 10.9 Å². The number of carbonyl (C=O) groups is 2. The van der Waals surface area contributed by atoms with Crippen molar-refractivity contribution in [2.75, 3.05) is 0 Å². The fourth-order valence-electron chi connectivity index (χ4n) is 1.19. The first kappa shape index (κ1) is 14.2. The fraction of sp³-hybridized carbons (Fsp3) is 0. The van der Waals surface area contributed by atoms with E-state index in [0.717, 1.165) is 8.26 Å². The minimum absolute atomic E-state index is 0.233. The van der Waals surface area contributed by atoms with Gasteiger partial charge in [0.2, 0.25) is 0 Å². The third-order valence-electron chi connectivity index (χ3n) is 2.06. The predicted molar refractivity (Wildman–Crippen MR) is 78.9 cm³/mol. The van der Waals surface area contributed by atoms with Crippen molar-refractivity contribution in [1.82, 2.24) is 15.8 Å². The van der Waals surface area contributed by atoms with E-state index in [1.54, 1.807) is 24.3 Å². The molecule has 2 aromatic rings. The van der Waals surface area contributed by atoms with Crippen LogP contribution in [0.25, 0.3) is 0 Å². The lowest BCUT2D eigenvalue weighted by atomic mass is 10.3. The molecule has 0 radical (unpaired) electrons. The Labute approximate surface area is 129 Å². The smallest absolute Gasteiger partial charge is 0.266 e. The Morgan fingerprint density at radius 2 is 1.89 bits per heavy atom. The predicted octanol–water partition coefficient (Wildman–Crippen LogP) is 2.74. The first-order valence-corrected chi connectivity index (χ1v) is 7.44. The first-order valence-electron chi connectivity index (χ1n) is 5.04. The summed E-state index contributed by atoms with van der Waals surface area (Å²) in [6.07, 6.45) is 1.50. The maximum Gasteiger partial charge on any atom is 0.288 e. The second-order valence-corrected chi connectivity index (χ2v) is 6.58. The minimum Gasteiger partial charge on any atom is -0.266 e. The van der Waals surface area contributed by atoms with E-state index >= 15 is 0 Å². The molecule has 0 atom stereocenters. The summed E-state index contributed by atoms with van der Waals surface area (Å²) in [6.45, 7) is 0. The van der Waals surface area contributed by atoms with Crippen molar-refractivity contribution in [3.8, 4) is 0 Å². The van der Waals surface area contributed by atoms with Crippen molar-refractivity contribution in [3.05, 3.63) is 49.3 Å². The standard InChI is InChI=1S/C11H7Br2N3O2S/c12-6-5-8(19-9(6)13)11(18)16-15-10(17)7-3-1-2-4-14-7/h1-5H,(H,15,17)(H,16,18). The molecule has 0 spiro atoms. The van der Waals surface area contributed by atoms with Gasteiger partial charge < -0.3 is 0 Å². The van der Waals surface area contributed by atoms with Crippen LogP contribution >= 0.6 is 43.2 Å². The molecule has 19 heavy (non-hydrogen) atoms. The number of amides is 2. The lowest BCUT2D eigenvalue weighted by molar-refractivity contribution is 0.0846. The molecule has 0 fully saturated rings. The number of thiophene rings is 1. The molecule has 0 unspecified atom stereocenters. The molecule has 0 bridgehead atoms. The molecule has 2 aromatic heterocycles. The number of hydrazine groups is 1. The van der Waals surface area contributed by atoms with Crippen molar-refractivity contribution in [3.63, 3.8) is 0 Å². The van der Waals surface area contributed by atoms with Crippen LogP contribution in [-0.2, 0) is 0 Å². The van der Waals surface area contributed by atoms with Gasteiger partial charge in [-0.15, -0.1) is 11.3 Å². The van der Waals surface area contributed by atoms with E-state index in [9.17, 15) is 9.59 Å². The number of hydrogen-bond donors (Lipinski definition) is 2. The number of halogens is 2. The zero-order valence-electron chi connectivity index (χ0n) is 9.31. The highest BCUT2D eigenvalue weighted by Gasteiger charge is 2.13. The van der Waals surface area contributed by atoms with Crippen molar-refractivity contribution in [2.24, 2.45) is 0 Å². The van der Waals surface area contributed by atoms with Crippen LogP contribution in [0.15, 0.2) is 38.7 Å². The number of aromatic nitrogens is 1. The molecule has 2 heterocycles. The molecule has 2 rings (SSSR count). The largest absolute Gasteiger partial charge is 0.288 e. The van der Waals surface area contributed by atoms with Crippen LogP contribution in [0.5, 0.6) is 0 Å². The molecule has 8 heteroatoms. The molecular formula is C11H7Br2N3O2S. The second kappa shape index (κ2) is 6.27. The fourth-order valence-corrected chi connectivity index (χ4v) is 3.13. The number of rotatable bonds is 2. The molecule has 2 N–H and O–H groups in total. The van der Waals surface area contributed by atoms with Gasteiger partial charge in [0.25, 0.3) is 11.8 Å². The lowest BCUT2D eigenvalue weighted by Crippen LogP contribution is -2.41. The summed E-state index contributed by atoms with van der Waals surface area (Å²) in [4.78, 5) is 27.8. The van der Waals surface area contributed by atoms with Gasteiger partial charge in [-0.05, 0) is 50.1 Å². The Morgan fingerprint density at radius 1 is 1.16 bits per heavy atom. The van der Waals surface area contributed by atoms with Gasteiger partial charge in [-0.1, -0.05) is 6.07 Å². The van der Waals surface area contributed by atoms with E-state index in [0.29, 0.717) is 4.88 Å². The van der Waals surface area contributed by atoms with Crippen molar-refractivity contribution in [1.29, 1.82) is 0 Å². The molecule has 2 amide bonds. The summed E-state index contributed by atoms with van der Waals surface area (Å²) >= 11 is 7.84. The van der Waals surface area contributed by atoms with Gasteiger partial charge in [0.15, 0.2) is 0 Å². The zero-order chi connectivity index (χ0) is 13.8. The third-order valence-corrected chi connectivity index (χ3v) is 5.31. The van der Waals surface area contributed by atoms with Gasteiger partial charge in [-0.3, -0.25) is 25.4 Å². The summed E-state index contributed by atoms with van der Waals surface area (Å²) in [7, 11) is 0. The van der Waals surface area contributed by atoms with Crippen LogP contribution in [-0.4, -0.2) is 16.8 Å². The highest BCUT2D eigenvalue weighted by atomic mass is 79.9. The highest BCUT2D eigenvalue weighted by molar-refractivity contribution is 9.13. The Bertz CT molecular complexity index is 596. The molecule has 5 nitrogen and oxygen atoms in total. The Morgan fingerprint density at radius 3 is 2.47 bits per heavy atom. The van der Waals surface area contributed by atoms with Crippen LogP contribution in [0.3, 0.4) is 0 Å². The average molecular weight is 405 g/mol. The van der Waals surface area contributed by atoms with E-state index in [4.69, 9.17) is 0 Å². The Kier molecular flexibility index (Phi) is 4.67. The summed E-state index contributed by atoms with van der Waals surface area (Å²) in [5.41, 5.74) is 4.86. The lowest BCUT2D eigenvalue weighted by Gasteiger charge is -2.05. The molecule has 0 aliphatic carbocycles. The van der Waals surface area contributed by atoms with Crippen LogP contribution in [0.1, 0.15) is 20.2 Å². The van der Waals surface area contributed by atoms with Gasteiger partial charge in [-0.25, -0.2) is 0 Å². The van der Waals surface area contributed by atoms with Crippen molar-refractivity contribution in [2.45, 2.75) is 0 Å². The maximum absolute atomic E-state index is 11.8. The molecule has 0 aliphatic heterocycles. The molecule has 98 valence electrons. The third kappa shape index (κ3) is 3.62. The Hall–Kier alpha value is -1.25. The summed E-state index contributed by atoms with van der Waals surface area (Å²) in [5, 5.41) is 0. The number of hydrogen-bond acceptors (Lipinski definition) is 4. The van der Waals surface area contributed by atoms with Crippen LogP contribution in [0.2, 0.25) is 0 Å². The molecular weight excluding hydrogens is 398 g/mol. The summed E-state index contributed by atoms with van der Waals surface area (Å²) < 4.78 is 1.60. The van der Waals surface area contributed by atoms with E-state index < -0.39 is 5.91 Å². The van der Waals surface area contributed by atoms with Crippen LogP contribution in [0, 0.1) is 0 Å². The van der Waals surface area contributed by atoms with Crippen LogP contribution in [0.4, 0.5) is 0 Å². The molecule has 0 aliphatic rings. The minimum atomic E-state index is -0.469. The second-order valence-electron chi connectivity index (χ2n) is 3.36. The van der Waals surface area contributed by atoms with E-state index in [-0.39, 0.29) is 11.6 Å². The van der Waals surface area contributed by atoms with Gasteiger partial charge in [0.1, 0.15) is 5.69 Å². The monoisotopic (exact) mass is 403 g/mol. The normalized spacial score (nSPS) is 10.0. The van der Waals surface area contributed by atoms with Crippen molar-refractivity contribution < 1.29 is 9.59 Å². The summed E-state index contributed by atoms with van der Waals surface area (Å²) in [6, 6.07) is 6.62.